The predicted octanol–water partition coefficient (Wildman–Crippen LogP) is 5.08. The van der Waals surface area contributed by atoms with Crippen LogP contribution in [0.3, 0.4) is 0 Å². The first-order chi connectivity index (χ1) is 14.6. The maximum absolute atomic E-state index is 13.2. The number of hydrogen-bond donors (Lipinski definition) is 1. The number of rotatable bonds is 6. The van der Waals surface area contributed by atoms with Crippen molar-refractivity contribution in [2.75, 3.05) is 16.4 Å². The van der Waals surface area contributed by atoms with E-state index in [1.807, 2.05) is 73.7 Å². The van der Waals surface area contributed by atoms with Crippen LogP contribution in [-0.2, 0) is 4.79 Å². The molecule has 6 nitrogen and oxygen atoms in total. The van der Waals surface area contributed by atoms with Gasteiger partial charge in [-0.05, 0) is 55.0 Å². The van der Waals surface area contributed by atoms with E-state index in [0.29, 0.717) is 16.8 Å². The summed E-state index contributed by atoms with van der Waals surface area (Å²) in [5, 5.41) is 8.46. The highest BCUT2D eigenvalue weighted by atomic mass is 32.2. The zero-order valence-corrected chi connectivity index (χ0v) is 17.2. The first-order valence-corrected chi connectivity index (χ1v) is 10.4. The Bertz CT molecular complexity index is 1140. The minimum absolute atomic E-state index is 0.0762. The third-order valence-corrected chi connectivity index (χ3v) is 5.31. The van der Waals surface area contributed by atoms with Gasteiger partial charge in [-0.1, -0.05) is 48.2 Å². The molecule has 1 amide bonds. The lowest BCUT2D eigenvalue weighted by molar-refractivity contribution is -0.115. The lowest BCUT2D eigenvalue weighted by Gasteiger charge is -2.24. The highest BCUT2D eigenvalue weighted by Gasteiger charge is 2.21. The highest BCUT2D eigenvalue weighted by Crippen LogP contribution is 2.30. The molecular formula is C23H20N4O2S. The molecule has 0 saturated carbocycles. The number of anilines is 3. The SMILES string of the molecule is Cc1ccccc1N(C(=O)CSc1nnc(-c2ccc(N)cc2)o1)c1ccccc1. The van der Waals surface area contributed by atoms with Gasteiger partial charge in [0.15, 0.2) is 0 Å². The van der Waals surface area contributed by atoms with E-state index in [2.05, 4.69) is 10.2 Å². The molecule has 0 bridgehead atoms. The molecular weight excluding hydrogens is 396 g/mol. The van der Waals surface area contributed by atoms with E-state index >= 15 is 0 Å². The summed E-state index contributed by atoms with van der Waals surface area (Å²) in [4.78, 5) is 14.9. The average Bonchev–Trinajstić information content (AvgIpc) is 3.24. The van der Waals surface area contributed by atoms with E-state index in [0.717, 1.165) is 22.5 Å². The van der Waals surface area contributed by atoms with Gasteiger partial charge in [-0.15, -0.1) is 10.2 Å². The third kappa shape index (κ3) is 4.36. The van der Waals surface area contributed by atoms with E-state index < -0.39 is 0 Å². The number of nitrogens with two attached hydrogens (primary N) is 1. The maximum atomic E-state index is 13.2. The van der Waals surface area contributed by atoms with Gasteiger partial charge in [0.25, 0.3) is 5.22 Å². The Hall–Kier alpha value is -3.58. The fourth-order valence-corrected chi connectivity index (χ4v) is 3.62. The number of amides is 1. The molecule has 4 aromatic rings. The Morgan fingerprint density at radius 1 is 0.967 bits per heavy atom. The van der Waals surface area contributed by atoms with Gasteiger partial charge < -0.3 is 10.2 Å². The van der Waals surface area contributed by atoms with Crippen LogP contribution < -0.4 is 10.6 Å². The van der Waals surface area contributed by atoms with Crippen molar-refractivity contribution in [2.24, 2.45) is 0 Å². The molecule has 0 aliphatic carbocycles. The number of aromatic nitrogens is 2. The van der Waals surface area contributed by atoms with Gasteiger partial charge in [0.1, 0.15) is 0 Å². The fourth-order valence-electron chi connectivity index (χ4n) is 3.01. The van der Waals surface area contributed by atoms with Crippen molar-refractivity contribution in [3.05, 3.63) is 84.4 Å². The number of carbonyl (C=O) groups is 1. The number of carbonyl (C=O) groups excluding carboxylic acids is 1. The third-order valence-electron chi connectivity index (χ3n) is 4.50. The fraction of sp³-hybridized carbons (Fsp3) is 0.0870. The van der Waals surface area contributed by atoms with E-state index in [1.54, 1.807) is 17.0 Å². The Morgan fingerprint density at radius 2 is 1.67 bits per heavy atom. The van der Waals surface area contributed by atoms with Crippen LogP contribution in [0.2, 0.25) is 0 Å². The van der Waals surface area contributed by atoms with E-state index in [1.165, 1.54) is 11.8 Å². The van der Waals surface area contributed by atoms with E-state index in [4.69, 9.17) is 10.2 Å². The van der Waals surface area contributed by atoms with Crippen LogP contribution in [-0.4, -0.2) is 21.9 Å². The van der Waals surface area contributed by atoms with Gasteiger partial charge in [-0.3, -0.25) is 9.69 Å². The molecule has 150 valence electrons. The summed E-state index contributed by atoms with van der Waals surface area (Å²) in [5.41, 5.74) is 9.83. The van der Waals surface area contributed by atoms with Crippen LogP contribution >= 0.6 is 11.8 Å². The number of hydrogen-bond acceptors (Lipinski definition) is 6. The molecule has 0 atom stereocenters. The summed E-state index contributed by atoms with van der Waals surface area (Å²) >= 11 is 1.21. The molecule has 0 fully saturated rings. The Balaban J connectivity index is 1.52. The van der Waals surface area contributed by atoms with Gasteiger partial charge >= 0.3 is 0 Å². The van der Waals surface area contributed by atoms with Gasteiger partial charge in [-0.25, -0.2) is 0 Å². The summed E-state index contributed by atoms with van der Waals surface area (Å²) < 4.78 is 5.70. The molecule has 3 aromatic carbocycles. The molecule has 0 unspecified atom stereocenters. The zero-order chi connectivity index (χ0) is 20.9. The lowest BCUT2D eigenvalue weighted by atomic mass is 10.1. The van der Waals surface area contributed by atoms with Crippen LogP contribution in [0.5, 0.6) is 0 Å². The van der Waals surface area contributed by atoms with Crippen LogP contribution in [0.1, 0.15) is 5.56 Å². The summed E-state index contributed by atoms with van der Waals surface area (Å²) in [6.45, 7) is 1.99. The minimum Gasteiger partial charge on any atom is -0.411 e. The van der Waals surface area contributed by atoms with Crippen molar-refractivity contribution >= 4 is 34.7 Å². The molecule has 30 heavy (non-hydrogen) atoms. The first-order valence-electron chi connectivity index (χ1n) is 9.37. The van der Waals surface area contributed by atoms with Gasteiger partial charge in [0.05, 0.1) is 11.4 Å². The van der Waals surface area contributed by atoms with Crippen molar-refractivity contribution in [3.63, 3.8) is 0 Å². The predicted molar refractivity (Wildman–Crippen MR) is 120 cm³/mol. The normalized spacial score (nSPS) is 10.7. The van der Waals surface area contributed by atoms with E-state index in [-0.39, 0.29) is 11.7 Å². The van der Waals surface area contributed by atoms with Crippen LogP contribution in [0.25, 0.3) is 11.5 Å². The molecule has 2 N–H and O–H groups in total. The van der Waals surface area contributed by atoms with E-state index in [9.17, 15) is 4.79 Å². The zero-order valence-electron chi connectivity index (χ0n) is 16.4. The Labute approximate surface area is 178 Å². The quantitative estimate of drug-likeness (QED) is 0.348. The summed E-state index contributed by atoms with van der Waals surface area (Å²) in [6, 6.07) is 24.6. The molecule has 0 saturated heterocycles. The summed E-state index contributed by atoms with van der Waals surface area (Å²) in [6.07, 6.45) is 0. The number of benzene rings is 3. The number of nitrogens with zero attached hydrogens (tertiary/aromatic N) is 3. The van der Waals surface area contributed by atoms with Crippen molar-refractivity contribution in [3.8, 4) is 11.5 Å². The second-order valence-corrected chi connectivity index (χ2v) is 7.56. The number of para-hydroxylation sites is 2. The second kappa shape index (κ2) is 8.84. The Morgan fingerprint density at radius 3 is 2.40 bits per heavy atom. The second-order valence-electron chi connectivity index (χ2n) is 6.63. The molecule has 0 spiro atoms. The molecule has 7 heteroatoms. The van der Waals surface area contributed by atoms with Gasteiger partial charge in [0.2, 0.25) is 11.8 Å². The molecule has 4 rings (SSSR count). The molecule has 1 aromatic heterocycles. The minimum atomic E-state index is -0.0762. The van der Waals surface area contributed by atoms with Crippen molar-refractivity contribution in [2.45, 2.75) is 12.1 Å². The smallest absolute Gasteiger partial charge is 0.277 e. The number of nitrogen functional groups attached to an aromatic ring is 1. The average molecular weight is 417 g/mol. The van der Waals surface area contributed by atoms with Gasteiger partial charge in [0, 0.05) is 16.9 Å². The lowest BCUT2D eigenvalue weighted by Crippen LogP contribution is -2.28. The van der Waals surface area contributed by atoms with Crippen LogP contribution in [0.4, 0.5) is 17.1 Å². The first kappa shape index (κ1) is 19.7. The van der Waals surface area contributed by atoms with Crippen molar-refractivity contribution < 1.29 is 9.21 Å². The van der Waals surface area contributed by atoms with Gasteiger partial charge in [-0.2, -0.15) is 0 Å². The molecule has 0 aliphatic heterocycles. The highest BCUT2D eigenvalue weighted by molar-refractivity contribution is 7.99. The maximum Gasteiger partial charge on any atom is 0.277 e. The molecule has 0 radical (unpaired) electrons. The molecule has 1 heterocycles. The Kier molecular flexibility index (Phi) is 5.81. The summed E-state index contributed by atoms with van der Waals surface area (Å²) in [7, 11) is 0. The standard InChI is InChI=1S/C23H20N4O2S/c1-16-7-5-6-10-20(16)27(19-8-3-2-4-9-19)21(28)15-30-23-26-25-22(29-23)17-11-13-18(24)14-12-17/h2-14H,15,24H2,1H3. The monoisotopic (exact) mass is 416 g/mol. The number of aryl methyl sites for hydroxylation is 1. The summed E-state index contributed by atoms with van der Waals surface area (Å²) in [5.74, 6) is 0.476. The van der Waals surface area contributed by atoms with Crippen molar-refractivity contribution in [1.29, 1.82) is 0 Å². The van der Waals surface area contributed by atoms with Crippen molar-refractivity contribution in [1.82, 2.24) is 10.2 Å². The number of thioether (sulfide) groups is 1. The van der Waals surface area contributed by atoms with Crippen LogP contribution in [0.15, 0.2) is 88.5 Å². The van der Waals surface area contributed by atoms with Crippen LogP contribution in [0, 0.1) is 6.92 Å². The molecule has 0 aliphatic rings. The largest absolute Gasteiger partial charge is 0.411 e. The topological polar surface area (TPSA) is 85.2 Å².